The fourth-order valence-electron chi connectivity index (χ4n) is 2.67. The molecule has 6 heteroatoms. The van der Waals surface area contributed by atoms with Crippen molar-refractivity contribution >= 4 is 11.9 Å². The maximum absolute atomic E-state index is 12.5. The fraction of sp³-hybridized carbons (Fsp3) is 0.643. The summed E-state index contributed by atoms with van der Waals surface area (Å²) in [6.07, 6.45) is 6.92. The summed E-state index contributed by atoms with van der Waals surface area (Å²) in [5, 5.41) is 12.9. The molecule has 6 nitrogen and oxygen atoms in total. The molecule has 1 aliphatic heterocycles. The van der Waals surface area contributed by atoms with Gasteiger partial charge in [0.25, 0.3) is 5.91 Å². The first kappa shape index (κ1) is 14.6. The first-order chi connectivity index (χ1) is 9.61. The van der Waals surface area contributed by atoms with Gasteiger partial charge in [0.2, 0.25) is 0 Å². The number of carboxylic acid groups (broad SMARTS) is 1. The standard InChI is InChI=1S/C14H21N3O3/c1-2-16-10-11(9-15-16)14(20)17-8-4-3-5-12(17)6-7-13(18)19/h9-10,12H,2-8H2,1H3,(H,18,19)/t12-/m0/s1. The summed E-state index contributed by atoms with van der Waals surface area (Å²) in [4.78, 5) is 25.0. The Bertz CT molecular complexity index is 484. The van der Waals surface area contributed by atoms with E-state index in [1.54, 1.807) is 17.1 Å². The third kappa shape index (κ3) is 3.37. The van der Waals surface area contributed by atoms with Crippen molar-refractivity contribution in [2.45, 2.75) is 51.6 Å². The zero-order valence-electron chi connectivity index (χ0n) is 11.8. The number of carbonyl (C=O) groups excluding carboxylic acids is 1. The number of rotatable bonds is 5. The molecule has 0 bridgehead atoms. The van der Waals surface area contributed by atoms with Gasteiger partial charge in [-0.3, -0.25) is 14.3 Å². The Balaban J connectivity index is 2.06. The monoisotopic (exact) mass is 279 g/mol. The van der Waals surface area contributed by atoms with E-state index in [1.807, 2.05) is 11.8 Å². The van der Waals surface area contributed by atoms with Crippen LogP contribution in [0.25, 0.3) is 0 Å². The zero-order chi connectivity index (χ0) is 14.5. The number of carboxylic acids is 1. The molecule has 1 N–H and O–H groups in total. The highest BCUT2D eigenvalue weighted by Gasteiger charge is 2.28. The Morgan fingerprint density at radius 2 is 2.25 bits per heavy atom. The van der Waals surface area contributed by atoms with Gasteiger partial charge in [0.1, 0.15) is 0 Å². The van der Waals surface area contributed by atoms with Crippen LogP contribution in [0.4, 0.5) is 0 Å². The van der Waals surface area contributed by atoms with Gasteiger partial charge in [-0.25, -0.2) is 0 Å². The molecule has 0 radical (unpaired) electrons. The summed E-state index contributed by atoms with van der Waals surface area (Å²) in [6.45, 7) is 3.41. The minimum Gasteiger partial charge on any atom is -0.481 e. The SMILES string of the molecule is CCn1cc(C(=O)N2CCCC[C@H]2CCC(=O)O)cn1. The van der Waals surface area contributed by atoms with Crippen LogP contribution < -0.4 is 0 Å². The second-order valence-electron chi connectivity index (χ2n) is 5.17. The minimum absolute atomic E-state index is 0.0280. The lowest BCUT2D eigenvalue weighted by Gasteiger charge is -2.35. The van der Waals surface area contributed by atoms with Gasteiger partial charge >= 0.3 is 5.97 Å². The molecular weight excluding hydrogens is 258 g/mol. The number of piperidine rings is 1. The van der Waals surface area contributed by atoms with Gasteiger partial charge in [0, 0.05) is 31.7 Å². The number of nitrogens with zero attached hydrogens (tertiary/aromatic N) is 3. The summed E-state index contributed by atoms with van der Waals surface area (Å²) in [7, 11) is 0. The Labute approximate surface area is 118 Å². The summed E-state index contributed by atoms with van der Waals surface area (Å²) in [5.41, 5.74) is 0.592. The predicted octanol–water partition coefficient (Wildman–Crippen LogP) is 1.76. The quantitative estimate of drug-likeness (QED) is 0.891. The molecule has 1 aromatic rings. The van der Waals surface area contributed by atoms with Gasteiger partial charge in [0.05, 0.1) is 11.8 Å². The predicted molar refractivity (Wildman–Crippen MR) is 73.4 cm³/mol. The highest BCUT2D eigenvalue weighted by molar-refractivity contribution is 5.94. The lowest BCUT2D eigenvalue weighted by molar-refractivity contribution is -0.137. The van der Waals surface area contributed by atoms with E-state index in [1.165, 1.54) is 0 Å². The molecule has 0 spiro atoms. The number of aromatic nitrogens is 2. The number of carbonyl (C=O) groups is 2. The minimum atomic E-state index is -0.804. The first-order valence-electron chi connectivity index (χ1n) is 7.17. The molecule has 1 atom stereocenters. The van der Waals surface area contributed by atoms with Gasteiger partial charge < -0.3 is 10.0 Å². The molecule has 1 amide bonds. The number of aryl methyl sites for hydroxylation is 1. The normalized spacial score (nSPS) is 19.1. The number of hydrogen-bond donors (Lipinski definition) is 1. The molecule has 0 aliphatic carbocycles. The van der Waals surface area contributed by atoms with Crippen molar-refractivity contribution in [3.63, 3.8) is 0 Å². The highest BCUT2D eigenvalue weighted by atomic mass is 16.4. The van der Waals surface area contributed by atoms with E-state index < -0.39 is 5.97 Å². The van der Waals surface area contributed by atoms with Crippen LogP contribution in [0.1, 0.15) is 49.4 Å². The van der Waals surface area contributed by atoms with E-state index >= 15 is 0 Å². The Hall–Kier alpha value is -1.85. The number of likely N-dealkylation sites (tertiary alicyclic amines) is 1. The average Bonchev–Trinajstić information content (AvgIpc) is 2.93. The van der Waals surface area contributed by atoms with Crippen molar-refractivity contribution in [1.82, 2.24) is 14.7 Å². The molecule has 1 fully saturated rings. The van der Waals surface area contributed by atoms with Crippen molar-refractivity contribution in [2.75, 3.05) is 6.54 Å². The lowest BCUT2D eigenvalue weighted by Crippen LogP contribution is -2.43. The number of amides is 1. The van der Waals surface area contributed by atoms with Gasteiger partial charge in [-0.05, 0) is 32.6 Å². The molecule has 0 unspecified atom stereocenters. The largest absolute Gasteiger partial charge is 0.481 e. The zero-order valence-corrected chi connectivity index (χ0v) is 11.8. The maximum Gasteiger partial charge on any atom is 0.303 e. The molecule has 2 rings (SSSR count). The van der Waals surface area contributed by atoms with Crippen LogP contribution in [-0.2, 0) is 11.3 Å². The van der Waals surface area contributed by atoms with Gasteiger partial charge in [-0.15, -0.1) is 0 Å². The molecule has 110 valence electrons. The molecule has 2 heterocycles. The second-order valence-corrected chi connectivity index (χ2v) is 5.17. The molecule has 20 heavy (non-hydrogen) atoms. The molecule has 1 aliphatic rings. The van der Waals surface area contributed by atoms with Crippen LogP contribution >= 0.6 is 0 Å². The maximum atomic E-state index is 12.5. The van der Waals surface area contributed by atoms with E-state index in [4.69, 9.17) is 5.11 Å². The van der Waals surface area contributed by atoms with Crippen LogP contribution in [0.15, 0.2) is 12.4 Å². The van der Waals surface area contributed by atoms with E-state index in [0.717, 1.165) is 25.8 Å². The summed E-state index contributed by atoms with van der Waals surface area (Å²) in [6, 6.07) is 0.0392. The third-order valence-corrected chi connectivity index (χ3v) is 3.78. The Morgan fingerprint density at radius 1 is 1.45 bits per heavy atom. The highest BCUT2D eigenvalue weighted by Crippen LogP contribution is 2.23. The number of hydrogen-bond acceptors (Lipinski definition) is 3. The van der Waals surface area contributed by atoms with E-state index in [2.05, 4.69) is 5.10 Å². The average molecular weight is 279 g/mol. The molecule has 0 saturated carbocycles. The van der Waals surface area contributed by atoms with E-state index in [9.17, 15) is 9.59 Å². The van der Waals surface area contributed by atoms with Crippen LogP contribution in [0.2, 0.25) is 0 Å². The fourth-order valence-corrected chi connectivity index (χ4v) is 2.67. The Kier molecular flexibility index (Phi) is 4.76. The van der Waals surface area contributed by atoms with Gasteiger partial charge in [-0.2, -0.15) is 5.10 Å². The lowest BCUT2D eigenvalue weighted by atomic mass is 9.97. The van der Waals surface area contributed by atoms with Gasteiger partial charge in [0.15, 0.2) is 0 Å². The first-order valence-corrected chi connectivity index (χ1v) is 7.17. The number of aliphatic carboxylic acids is 1. The topological polar surface area (TPSA) is 75.4 Å². The Morgan fingerprint density at radius 3 is 2.90 bits per heavy atom. The van der Waals surface area contributed by atoms with Crippen molar-refractivity contribution in [1.29, 1.82) is 0 Å². The van der Waals surface area contributed by atoms with Crippen molar-refractivity contribution in [2.24, 2.45) is 0 Å². The summed E-state index contributed by atoms with van der Waals surface area (Å²) in [5.74, 6) is -0.832. The van der Waals surface area contributed by atoms with E-state index in [-0.39, 0.29) is 18.4 Å². The van der Waals surface area contributed by atoms with Crippen LogP contribution in [0.3, 0.4) is 0 Å². The van der Waals surface area contributed by atoms with Crippen molar-refractivity contribution in [3.8, 4) is 0 Å². The molecule has 0 aromatic carbocycles. The van der Waals surface area contributed by atoms with Crippen LogP contribution in [0.5, 0.6) is 0 Å². The summed E-state index contributed by atoms with van der Waals surface area (Å²) < 4.78 is 1.73. The van der Waals surface area contributed by atoms with Crippen molar-refractivity contribution in [3.05, 3.63) is 18.0 Å². The van der Waals surface area contributed by atoms with Crippen molar-refractivity contribution < 1.29 is 14.7 Å². The smallest absolute Gasteiger partial charge is 0.303 e. The second kappa shape index (κ2) is 6.54. The van der Waals surface area contributed by atoms with Crippen LogP contribution in [0, 0.1) is 0 Å². The summed E-state index contributed by atoms with van der Waals surface area (Å²) >= 11 is 0. The molecule has 1 aromatic heterocycles. The third-order valence-electron chi connectivity index (χ3n) is 3.78. The van der Waals surface area contributed by atoms with E-state index in [0.29, 0.717) is 18.5 Å². The van der Waals surface area contributed by atoms with Crippen LogP contribution in [-0.4, -0.2) is 44.3 Å². The molecule has 1 saturated heterocycles. The van der Waals surface area contributed by atoms with Gasteiger partial charge in [-0.1, -0.05) is 0 Å². The molecular formula is C14H21N3O3.